The molecule has 0 aliphatic carbocycles. The van der Waals surface area contributed by atoms with E-state index in [0.717, 1.165) is 0 Å². The molecular formula is C18H18Cl2N4O4S2. The Bertz CT molecular complexity index is 990. The van der Waals surface area contributed by atoms with Gasteiger partial charge in [-0.2, -0.15) is 0 Å². The summed E-state index contributed by atoms with van der Waals surface area (Å²) in [5.41, 5.74) is -0.00906. The molecule has 1 aliphatic rings. The molecule has 8 nitrogen and oxygen atoms in total. The number of hydrogen-bond acceptors (Lipinski definition) is 9. The van der Waals surface area contributed by atoms with Crippen LogP contribution in [0.1, 0.15) is 6.04 Å². The van der Waals surface area contributed by atoms with Crippen LogP contribution in [0, 0.1) is 0 Å². The fourth-order valence-corrected chi connectivity index (χ4v) is 5.58. The number of aromatic nitrogens is 4. The second-order valence-corrected chi connectivity index (χ2v) is 9.40. The zero-order valence-electron chi connectivity index (χ0n) is 15.6. The molecule has 0 spiro atoms. The van der Waals surface area contributed by atoms with E-state index in [1.165, 1.54) is 34.9 Å². The van der Waals surface area contributed by atoms with Crippen molar-refractivity contribution in [1.82, 2.24) is 20.0 Å². The number of ether oxygens (including phenoxy) is 2. The van der Waals surface area contributed by atoms with Gasteiger partial charge in [0.2, 0.25) is 0 Å². The van der Waals surface area contributed by atoms with Gasteiger partial charge < -0.3 is 19.7 Å². The highest BCUT2D eigenvalue weighted by atomic mass is 35.5. The maximum Gasteiger partial charge on any atom is 0.145 e. The van der Waals surface area contributed by atoms with Gasteiger partial charge in [-0.3, -0.25) is 0 Å². The van der Waals surface area contributed by atoms with E-state index in [1.807, 2.05) is 5.38 Å². The van der Waals surface area contributed by atoms with Crippen LogP contribution < -0.4 is 0 Å². The number of rotatable bonds is 6. The molecule has 1 aliphatic heterocycles. The van der Waals surface area contributed by atoms with E-state index in [1.54, 1.807) is 30.6 Å². The Morgan fingerprint density at radius 3 is 2.90 bits per heavy atom. The van der Waals surface area contributed by atoms with Gasteiger partial charge in [0, 0.05) is 28.6 Å². The number of methoxy groups -OCH3 is 1. The average molecular weight is 489 g/mol. The molecule has 3 heterocycles. The zero-order valence-corrected chi connectivity index (χ0v) is 18.8. The number of aliphatic hydroxyl groups is 2. The molecule has 0 radical (unpaired) electrons. The van der Waals surface area contributed by atoms with Crippen LogP contribution >= 0.6 is 46.3 Å². The minimum absolute atomic E-state index is 0.373. The summed E-state index contributed by atoms with van der Waals surface area (Å²) in [6.07, 6.45) is 0.853. The number of nitrogens with zero attached hydrogens (tertiary/aromatic N) is 4. The Balaban J connectivity index is 1.66. The van der Waals surface area contributed by atoms with Gasteiger partial charge in [-0.15, -0.1) is 16.4 Å². The first-order valence-electron chi connectivity index (χ1n) is 8.92. The first-order valence-corrected chi connectivity index (χ1v) is 11.4. The summed E-state index contributed by atoms with van der Waals surface area (Å²) in [7, 11) is 1.53. The van der Waals surface area contributed by atoms with E-state index in [-0.39, 0.29) is 6.61 Å². The SMILES string of the molecule is COC1C(n2cc(-c3nccs3)nn2)[C@@H](O)C(CO)O[C@@H]1Sc1cc(Cl)ccc1Cl. The molecule has 2 aromatic heterocycles. The highest BCUT2D eigenvalue weighted by Gasteiger charge is 2.47. The van der Waals surface area contributed by atoms with Crippen molar-refractivity contribution in [2.45, 2.75) is 34.7 Å². The van der Waals surface area contributed by atoms with Crippen LogP contribution in [0.2, 0.25) is 10.0 Å². The monoisotopic (exact) mass is 488 g/mol. The number of benzene rings is 1. The molecule has 12 heteroatoms. The lowest BCUT2D eigenvalue weighted by molar-refractivity contribution is -0.186. The van der Waals surface area contributed by atoms with Gasteiger partial charge in [-0.25, -0.2) is 9.67 Å². The Morgan fingerprint density at radius 2 is 2.20 bits per heavy atom. The summed E-state index contributed by atoms with van der Waals surface area (Å²) in [4.78, 5) is 4.94. The summed E-state index contributed by atoms with van der Waals surface area (Å²) >= 11 is 15.2. The second kappa shape index (κ2) is 9.49. The summed E-state index contributed by atoms with van der Waals surface area (Å²) in [6.45, 7) is -0.373. The lowest BCUT2D eigenvalue weighted by Gasteiger charge is -2.43. The molecule has 2 N–H and O–H groups in total. The third-order valence-corrected chi connectivity index (χ3v) is 7.38. The van der Waals surface area contributed by atoms with E-state index >= 15 is 0 Å². The molecule has 0 saturated carbocycles. The maximum absolute atomic E-state index is 10.9. The van der Waals surface area contributed by atoms with Crippen molar-refractivity contribution >= 4 is 46.3 Å². The molecule has 3 aromatic rings. The lowest BCUT2D eigenvalue weighted by Crippen LogP contribution is -2.55. The van der Waals surface area contributed by atoms with E-state index < -0.39 is 29.8 Å². The van der Waals surface area contributed by atoms with E-state index in [9.17, 15) is 10.2 Å². The molecule has 1 aromatic carbocycles. The average Bonchev–Trinajstić information content (AvgIpc) is 3.43. The molecule has 1 fully saturated rings. The number of halogens is 2. The number of thioether (sulfide) groups is 1. The zero-order chi connectivity index (χ0) is 21.3. The quantitative estimate of drug-likeness (QED) is 0.545. The smallest absolute Gasteiger partial charge is 0.145 e. The molecule has 0 amide bonds. The largest absolute Gasteiger partial charge is 0.394 e. The van der Waals surface area contributed by atoms with Gasteiger partial charge >= 0.3 is 0 Å². The van der Waals surface area contributed by atoms with Crippen molar-refractivity contribution in [2.24, 2.45) is 0 Å². The Labute approximate surface area is 190 Å². The van der Waals surface area contributed by atoms with Gasteiger partial charge in [0.15, 0.2) is 0 Å². The predicted octanol–water partition coefficient (Wildman–Crippen LogP) is 3.13. The number of hydrogen-bond donors (Lipinski definition) is 2. The van der Waals surface area contributed by atoms with Gasteiger partial charge in [0.25, 0.3) is 0 Å². The minimum atomic E-state index is -1.07. The van der Waals surface area contributed by atoms with Crippen molar-refractivity contribution < 1.29 is 19.7 Å². The fraction of sp³-hybridized carbons (Fsp3) is 0.389. The van der Waals surface area contributed by atoms with E-state index in [4.69, 9.17) is 32.7 Å². The third kappa shape index (κ3) is 4.37. The van der Waals surface area contributed by atoms with Crippen LogP contribution in [-0.4, -0.2) is 67.7 Å². The number of aliphatic hydroxyl groups excluding tert-OH is 2. The highest BCUT2D eigenvalue weighted by molar-refractivity contribution is 8.00. The lowest BCUT2D eigenvalue weighted by atomic mass is 9.97. The van der Waals surface area contributed by atoms with Crippen LogP contribution in [-0.2, 0) is 9.47 Å². The van der Waals surface area contributed by atoms with Crippen LogP contribution in [0.4, 0.5) is 0 Å². The highest BCUT2D eigenvalue weighted by Crippen LogP contribution is 2.42. The van der Waals surface area contributed by atoms with Gasteiger partial charge in [0.05, 0.1) is 17.8 Å². The molecule has 160 valence electrons. The van der Waals surface area contributed by atoms with Gasteiger partial charge in [0.1, 0.15) is 40.5 Å². The fourth-order valence-electron chi connectivity index (χ4n) is 3.27. The summed E-state index contributed by atoms with van der Waals surface area (Å²) in [6, 6.07) is 4.47. The first-order chi connectivity index (χ1) is 14.5. The second-order valence-electron chi connectivity index (χ2n) is 6.52. The molecule has 1 saturated heterocycles. The Hall–Kier alpha value is -1.24. The van der Waals surface area contributed by atoms with Crippen molar-refractivity contribution in [2.75, 3.05) is 13.7 Å². The van der Waals surface area contributed by atoms with E-state index in [2.05, 4.69) is 15.3 Å². The van der Waals surface area contributed by atoms with E-state index in [0.29, 0.717) is 25.6 Å². The normalized spacial score (nSPS) is 26.8. The van der Waals surface area contributed by atoms with Crippen molar-refractivity contribution in [3.8, 4) is 10.7 Å². The van der Waals surface area contributed by atoms with Crippen molar-refractivity contribution in [3.63, 3.8) is 0 Å². The minimum Gasteiger partial charge on any atom is -0.394 e. The van der Waals surface area contributed by atoms with Crippen LogP contribution in [0.3, 0.4) is 0 Å². The maximum atomic E-state index is 10.9. The summed E-state index contributed by atoms with van der Waals surface area (Å²) in [5, 5.41) is 32.6. The van der Waals surface area contributed by atoms with Crippen LogP contribution in [0.25, 0.3) is 10.7 Å². The number of thiazole rings is 1. The topological polar surface area (TPSA) is 103 Å². The van der Waals surface area contributed by atoms with Crippen molar-refractivity contribution in [3.05, 3.63) is 46.0 Å². The molecule has 3 unspecified atom stereocenters. The third-order valence-electron chi connectivity index (χ3n) is 4.70. The van der Waals surface area contributed by atoms with Crippen molar-refractivity contribution in [1.29, 1.82) is 0 Å². The first kappa shape index (κ1) is 22.0. The van der Waals surface area contributed by atoms with Crippen LogP contribution in [0.5, 0.6) is 0 Å². The van der Waals surface area contributed by atoms with Crippen LogP contribution in [0.15, 0.2) is 40.9 Å². The molecular weight excluding hydrogens is 471 g/mol. The predicted molar refractivity (Wildman–Crippen MR) is 115 cm³/mol. The molecule has 5 atom stereocenters. The van der Waals surface area contributed by atoms with Gasteiger partial charge in [-0.05, 0) is 18.2 Å². The molecule has 0 bridgehead atoms. The molecule has 30 heavy (non-hydrogen) atoms. The van der Waals surface area contributed by atoms with Gasteiger partial charge in [-0.1, -0.05) is 40.2 Å². The molecule has 4 rings (SSSR count). The Morgan fingerprint density at radius 1 is 1.37 bits per heavy atom. The standard InChI is InChI=1S/C18H18Cl2N4O4S2/c1-27-16-14(24-7-11(22-23-24)17-21-4-5-29-17)15(26)12(8-25)28-18(16)30-13-6-9(19)2-3-10(13)20/h2-7,12,14-16,18,25-26H,8H2,1H3/t12?,14?,15-,16?,18+/m0/s1. The Kier molecular flexibility index (Phi) is 6.95. The summed E-state index contributed by atoms with van der Waals surface area (Å²) in [5.74, 6) is 0. The summed E-state index contributed by atoms with van der Waals surface area (Å²) < 4.78 is 13.2.